The van der Waals surface area contributed by atoms with Gasteiger partial charge < -0.3 is 11.5 Å². The fraction of sp³-hybridized carbons (Fsp3) is 0.259. The number of halogens is 1. The lowest BCUT2D eigenvalue weighted by Gasteiger charge is -2.26. The van der Waals surface area contributed by atoms with Crippen LogP contribution in [0.25, 0.3) is 11.1 Å². The predicted molar refractivity (Wildman–Crippen MR) is 136 cm³/mol. The third-order valence-corrected chi connectivity index (χ3v) is 6.10. The minimum atomic E-state index is -0.798. The summed E-state index contributed by atoms with van der Waals surface area (Å²) in [6.45, 7) is 1.61. The second-order valence-electron chi connectivity index (χ2n) is 8.41. The van der Waals surface area contributed by atoms with Crippen LogP contribution in [0.4, 0.5) is 11.4 Å². The van der Waals surface area contributed by atoms with Crippen molar-refractivity contribution < 1.29 is 9.59 Å². The van der Waals surface area contributed by atoms with Crippen LogP contribution in [0.2, 0.25) is 0 Å². The lowest BCUT2D eigenvalue weighted by atomic mass is 9.87. The molecule has 0 saturated heterocycles. The minimum absolute atomic E-state index is 0. The minimum Gasteiger partial charge on any atom is -0.398 e. The summed E-state index contributed by atoms with van der Waals surface area (Å²) in [7, 11) is 0. The van der Waals surface area contributed by atoms with Gasteiger partial charge in [0.25, 0.3) is 0 Å². The highest BCUT2D eigenvalue weighted by molar-refractivity contribution is 6.22. The summed E-state index contributed by atoms with van der Waals surface area (Å²) < 4.78 is 0. The first-order valence-electron chi connectivity index (χ1n) is 11.1. The van der Waals surface area contributed by atoms with Gasteiger partial charge in [0.05, 0.1) is 17.6 Å². The number of rotatable bonds is 6. The number of unbranched alkanes of at least 4 members (excludes halogenated alkanes) is 1. The van der Waals surface area contributed by atoms with E-state index in [0.29, 0.717) is 17.8 Å². The molecule has 0 aromatic heterocycles. The Labute approximate surface area is 201 Å². The van der Waals surface area contributed by atoms with Gasteiger partial charge in [-0.05, 0) is 55.0 Å². The molecule has 0 saturated carbocycles. The highest BCUT2D eigenvalue weighted by Gasteiger charge is 2.38. The highest BCUT2D eigenvalue weighted by Crippen LogP contribution is 2.45. The molecule has 5 nitrogen and oxygen atoms in total. The number of aryl methyl sites for hydroxylation is 1. The summed E-state index contributed by atoms with van der Waals surface area (Å²) >= 11 is 0. The standard InChI is InChI=1S/C27H29N3O2.ClH/c1-18(28)26(31)30-24-17-9-16-23(29)25(24)21-14-8-7-13-20(21)22(27(30)32)15-6-5-12-19-10-3-2-4-11-19;/h2-4,7-11,13-14,16-18,22H,5-6,12,15,28-29H2,1H3;1H/t18-,22?;/m0./s1. The van der Waals surface area contributed by atoms with Gasteiger partial charge in [-0.1, -0.05) is 67.1 Å². The van der Waals surface area contributed by atoms with Crippen molar-refractivity contribution in [1.29, 1.82) is 0 Å². The summed E-state index contributed by atoms with van der Waals surface area (Å²) in [6.07, 6.45) is 3.44. The number of nitrogens with zero attached hydrogens (tertiary/aromatic N) is 1. The molecule has 1 unspecified atom stereocenters. The van der Waals surface area contributed by atoms with Gasteiger partial charge in [-0.25, -0.2) is 4.90 Å². The SMILES string of the molecule is C[C@H](N)C(=O)N1C(=O)C(CCCCc2ccccc2)c2ccccc2-c2c(N)cccc21.Cl. The molecule has 172 valence electrons. The van der Waals surface area contributed by atoms with E-state index < -0.39 is 17.9 Å². The van der Waals surface area contributed by atoms with Crippen molar-refractivity contribution in [3.63, 3.8) is 0 Å². The number of amides is 2. The highest BCUT2D eigenvalue weighted by atomic mass is 35.5. The van der Waals surface area contributed by atoms with Crippen molar-refractivity contribution in [1.82, 2.24) is 0 Å². The lowest BCUT2D eigenvalue weighted by Crippen LogP contribution is -2.47. The number of nitrogen functional groups attached to an aromatic ring is 1. The van der Waals surface area contributed by atoms with E-state index in [0.717, 1.165) is 36.0 Å². The third kappa shape index (κ3) is 4.95. The Kier molecular flexibility index (Phi) is 7.90. The fourth-order valence-corrected chi connectivity index (χ4v) is 4.51. The predicted octanol–water partition coefficient (Wildman–Crippen LogP) is 5.07. The van der Waals surface area contributed by atoms with E-state index in [9.17, 15) is 9.59 Å². The molecule has 3 aromatic carbocycles. The number of benzene rings is 3. The zero-order valence-corrected chi connectivity index (χ0v) is 19.6. The number of fused-ring (bicyclic) bond motifs is 3. The molecule has 6 heteroatoms. The van der Waals surface area contributed by atoms with Crippen molar-refractivity contribution >= 4 is 35.6 Å². The van der Waals surface area contributed by atoms with Crippen molar-refractivity contribution in [2.75, 3.05) is 10.6 Å². The summed E-state index contributed by atoms with van der Waals surface area (Å²) in [5.41, 5.74) is 17.2. The Morgan fingerprint density at radius 1 is 0.970 bits per heavy atom. The van der Waals surface area contributed by atoms with E-state index in [4.69, 9.17) is 11.5 Å². The van der Waals surface area contributed by atoms with Crippen LogP contribution in [0.5, 0.6) is 0 Å². The van der Waals surface area contributed by atoms with Crippen LogP contribution >= 0.6 is 12.4 Å². The van der Waals surface area contributed by atoms with Crippen molar-refractivity contribution in [3.8, 4) is 11.1 Å². The number of hydrogen-bond donors (Lipinski definition) is 2. The number of carbonyl (C=O) groups excluding carboxylic acids is 2. The number of carbonyl (C=O) groups is 2. The van der Waals surface area contributed by atoms with E-state index in [2.05, 4.69) is 12.1 Å². The van der Waals surface area contributed by atoms with Gasteiger partial charge in [-0.3, -0.25) is 9.59 Å². The molecule has 0 fully saturated rings. The molecule has 33 heavy (non-hydrogen) atoms. The van der Waals surface area contributed by atoms with E-state index in [1.165, 1.54) is 10.5 Å². The number of hydrogen-bond acceptors (Lipinski definition) is 4. The molecule has 0 aliphatic carbocycles. The molecule has 2 amide bonds. The molecule has 1 heterocycles. The monoisotopic (exact) mass is 463 g/mol. The number of anilines is 2. The molecule has 4 N–H and O–H groups in total. The zero-order valence-electron chi connectivity index (χ0n) is 18.7. The Hall–Kier alpha value is -3.15. The van der Waals surface area contributed by atoms with Crippen LogP contribution in [0.3, 0.4) is 0 Å². The molecule has 1 aliphatic rings. The average molecular weight is 464 g/mol. The van der Waals surface area contributed by atoms with Gasteiger partial charge >= 0.3 is 0 Å². The summed E-state index contributed by atoms with van der Waals surface area (Å²) in [4.78, 5) is 28.1. The Morgan fingerprint density at radius 2 is 1.67 bits per heavy atom. The summed E-state index contributed by atoms with van der Waals surface area (Å²) in [5.74, 6) is -1.08. The smallest absolute Gasteiger partial charge is 0.250 e. The number of imide groups is 1. The van der Waals surface area contributed by atoms with E-state index >= 15 is 0 Å². The zero-order chi connectivity index (χ0) is 22.7. The van der Waals surface area contributed by atoms with Crippen molar-refractivity contribution in [2.24, 2.45) is 5.73 Å². The summed E-state index contributed by atoms with van der Waals surface area (Å²) in [6, 6.07) is 22.7. The van der Waals surface area contributed by atoms with Crippen LogP contribution < -0.4 is 16.4 Å². The Morgan fingerprint density at radius 3 is 2.39 bits per heavy atom. The van der Waals surface area contributed by atoms with Crippen LogP contribution in [-0.2, 0) is 16.0 Å². The van der Waals surface area contributed by atoms with Gasteiger partial charge in [0.2, 0.25) is 11.8 Å². The quantitative estimate of drug-likeness (QED) is 0.394. The first-order chi connectivity index (χ1) is 15.5. The van der Waals surface area contributed by atoms with Crippen molar-refractivity contribution in [3.05, 3.63) is 83.9 Å². The second-order valence-corrected chi connectivity index (χ2v) is 8.41. The molecule has 3 aromatic rings. The first-order valence-corrected chi connectivity index (χ1v) is 11.1. The lowest BCUT2D eigenvalue weighted by molar-refractivity contribution is -0.127. The molecule has 0 spiro atoms. The molecule has 1 aliphatic heterocycles. The molecule has 4 rings (SSSR count). The van der Waals surface area contributed by atoms with Gasteiger partial charge in [-0.15, -0.1) is 12.4 Å². The van der Waals surface area contributed by atoms with Crippen LogP contribution in [-0.4, -0.2) is 17.9 Å². The largest absolute Gasteiger partial charge is 0.398 e. The van der Waals surface area contributed by atoms with Crippen molar-refractivity contribution in [2.45, 2.75) is 44.6 Å². The van der Waals surface area contributed by atoms with Gasteiger partial charge in [0, 0.05) is 11.3 Å². The Balaban J connectivity index is 0.00000306. The average Bonchev–Trinajstić information content (AvgIpc) is 2.90. The molecular weight excluding hydrogens is 434 g/mol. The second kappa shape index (κ2) is 10.6. The maximum atomic E-state index is 13.8. The molecule has 0 radical (unpaired) electrons. The maximum Gasteiger partial charge on any atom is 0.250 e. The molecule has 0 bridgehead atoms. The van der Waals surface area contributed by atoms with E-state index in [1.807, 2.05) is 42.5 Å². The first kappa shape index (κ1) is 24.5. The summed E-state index contributed by atoms with van der Waals surface area (Å²) in [5, 5.41) is 0. The van der Waals surface area contributed by atoms with Gasteiger partial charge in [-0.2, -0.15) is 0 Å². The molecule has 2 atom stereocenters. The van der Waals surface area contributed by atoms with Crippen LogP contribution in [0, 0.1) is 0 Å². The normalized spacial score (nSPS) is 15.6. The van der Waals surface area contributed by atoms with Crippen LogP contribution in [0.1, 0.15) is 43.2 Å². The third-order valence-electron chi connectivity index (χ3n) is 6.10. The number of nitrogens with two attached hydrogens (primary N) is 2. The van der Waals surface area contributed by atoms with E-state index in [-0.39, 0.29) is 18.3 Å². The van der Waals surface area contributed by atoms with Crippen LogP contribution in [0.15, 0.2) is 72.8 Å². The molecular formula is C27H30ClN3O2. The maximum absolute atomic E-state index is 13.8. The van der Waals surface area contributed by atoms with E-state index in [1.54, 1.807) is 25.1 Å². The van der Waals surface area contributed by atoms with Gasteiger partial charge in [0.1, 0.15) is 0 Å². The Bertz CT molecular complexity index is 1130. The van der Waals surface area contributed by atoms with Gasteiger partial charge in [0.15, 0.2) is 0 Å². The fourth-order valence-electron chi connectivity index (χ4n) is 4.51. The topological polar surface area (TPSA) is 89.4 Å².